The molecule has 138 valence electrons. The Morgan fingerprint density at radius 2 is 2.15 bits per heavy atom. The van der Waals surface area contributed by atoms with E-state index < -0.39 is 6.08 Å². The first-order valence-electron chi connectivity index (χ1n) is 9.52. The van der Waals surface area contributed by atoms with E-state index in [4.69, 9.17) is 11.1 Å². The molecule has 0 aromatic carbocycles. The highest BCUT2D eigenvalue weighted by Gasteiger charge is 2.25. The maximum absolute atomic E-state index is 10.9. The molecule has 6 nitrogen and oxygen atoms in total. The summed E-state index contributed by atoms with van der Waals surface area (Å²) in [5.41, 5.74) is 2.45. The van der Waals surface area contributed by atoms with Gasteiger partial charge in [-0.15, -0.1) is 11.3 Å². The number of hydrogen-bond donors (Lipinski definition) is 1. The van der Waals surface area contributed by atoms with Crippen molar-refractivity contribution in [1.29, 1.82) is 0 Å². The van der Waals surface area contributed by atoms with Crippen molar-refractivity contribution < 1.29 is 11.2 Å². The Kier molecular flexibility index (Phi) is 3.87. The number of aromatic nitrogens is 4. The van der Waals surface area contributed by atoms with Gasteiger partial charge in [-0.05, 0) is 43.0 Å². The summed E-state index contributed by atoms with van der Waals surface area (Å²) in [7, 11) is 1.87. The summed E-state index contributed by atoms with van der Waals surface area (Å²) in [6.45, 7) is 1.20. The van der Waals surface area contributed by atoms with Crippen LogP contribution in [-0.4, -0.2) is 38.1 Å². The molecule has 1 aliphatic heterocycles. The van der Waals surface area contributed by atoms with Gasteiger partial charge in [0.1, 0.15) is 4.83 Å². The van der Waals surface area contributed by atoms with E-state index in [-0.39, 0.29) is 5.92 Å². The van der Waals surface area contributed by atoms with Crippen molar-refractivity contribution >= 4 is 32.6 Å². The molecule has 0 amide bonds. The molecule has 4 aromatic rings. The molecule has 4 aromatic heterocycles. The van der Waals surface area contributed by atoms with Gasteiger partial charge in [-0.3, -0.25) is 4.68 Å². The van der Waals surface area contributed by atoms with Crippen molar-refractivity contribution in [2.24, 2.45) is 13.0 Å². The summed E-state index contributed by atoms with van der Waals surface area (Å²) in [5, 5.41) is 17.1. The number of thiophene rings is 1. The predicted molar refractivity (Wildman–Crippen MR) is 106 cm³/mol. The fourth-order valence-corrected chi connectivity index (χ4v) is 4.60. The monoisotopic (exact) mass is 381 g/mol. The molecule has 0 spiro atoms. The molecule has 5 heterocycles. The average Bonchev–Trinajstić information content (AvgIpc) is 3.30. The van der Waals surface area contributed by atoms with Crippen molar-refractivity contribution in [3.8, 4) is 11.3 Å². The fourth-order valence-electron chi connectivity index (χ4n) is 3.55. The Bertz CT molecular complexity index is 1160. The normalized spacial score (nSPS) is 18.7. The van der Waals surface area contributed by atoms with E-state index in [1.807, 2.05) is 37.5 Å². The Balaban J connectivity index is 1.52. The molecule has 27 heavy (non-hydrogen) atoms. The summed E-state index contributed by atoms with van der Waals surface area (Å²) in [6, 6.07) is 7.86. The molecule has 1 atom stereocenters. The standard InChI is InChI=1S/C20H20N4O2S/c1-24-11-15-8-14(10-21-19(15)23-24)16-3-2-13-9-17(27-20(13)22-16)18(25)12-4-6-26-7-5-12/h2-3,8-12,18,25H,4-7H2,1H3/t18-/m0/s1/i18D. The highest BCUT2D eigenvalue weighted by atomic mass is 32.1. The van der Waals surface area contributed by atoms with Crippen LogP contribution >= 0.6 is 11.3 Å². The number of hydrogen-bond acceptors (Lipinski definition) is 6. The van der Waals surface area contributed by atoms with Gasteiger partial charge >= 0.3 is 0 Å². The Morgan fingerprint density at radius 3 is 3.00 bits per heavy atom. The van der Waals surface area contributed by atoms with E-state index in [0.717, 1.165) is 26.9 Å². The first-order valence-corrected chi connectivity index (χ1v) is 9.83. The van der Waals surface area contributed by atoms with Crippen LogP contribution in [0.25, 0.3) is 32.5 Å². The highest BCUT2D eigenvalue weighted by molar-refractivity contribution is 7.18. The van der Waals surface area contributed by atoms with E-state index in [9.17, 15) is 5.11 Å². The van der Waals surface area contributed by atoms with Crippen LogP contribution < -0.4 is 0 Å². The van der Waals surface area contributed by atoms with E-state index in [1.165, 1.54) is 11.3 Å². The van der Waals surface area contributed by atoms with Crippen LogP contribution in [0.4, 0.5) is 0 Å². The lowest BCUT2D eigenvalue weighted by molar-refractivity contribution is 0.00856. The lowest BCUT2D eigenvalue weighted by atomic mass is 9.93. The molecule has 5 rings (SSSR count). The quantitative estimate of drug-likeness (QED) is 0.586. The second kappa shape index (κ2) is 6.67. The zero-order chi connectivity index (χ0) is 19.3. The average molecular weight is 381 g/mol. The minimum atomic E-state index is -1.61. The minimum absolute atomic E-state index is 0.119. The van der Waals surface area contributed by atoms with Crippen molar-refractivity contribution in [3.05, 3.63) is 41.5 Å². The van der Waals surface area contributed by atoms with Gasteiger partial charge in [-0.25, -0.2) is 9.97 Å². The van der Waals surface area contributed by atoms with Gasteiger partial charge in [-0.2, -0.15) is 5.10 Å². The van der Waals surface area contributed by atoms with Crippen LogP contribution in [0.2, 0.25) is 0 Å². The second-order valence-corrected chi connectivity index (χ2v) is 7.94. The lowest BCUT2D eigenvalue weighted by Crippen LogP contribution is -2.21. The lowest BCUT2D eigenvalue weighted by Gasteiger charge is -2.25. The third-order valence-electron chi connectivity index (χ3n) is 5.01. The molecule has 0 unspecified atom stereocenters. The van der Waals surface area contributed by atoms with Gasteiger partial charge in [0, 0.05) is 53.9 Å². The smallest absolute Gasteiger partial charge is 0.181 e. The van der Waals surface area contributed by atoms with Crippen LogP contribution in [0.3, 0.4) is 0 Å². The van der Waals surface area contributed by atoms with E-state index >= 15 is 0 Å². The highest BCUT2D eigenvalue weighted by Crippen LogP contribution is 2.37. The first kappa shape index (κ1) is 15.7. The van der Waals surface area contributed by atoms with Crippen molar-refractivity contribution in [2.45, 2.75) is 18.9 Å². The molecule has 1 saturated heterocycles. The summed E-state index contributed by atoms with van der Waals surface area (Å²) >= 11 is 1.39. The topological polar surface area (TPSA) is 73.1 Å². The van der Waals surface area contributed by atoms with Crippen molar-refractivity contribution in [2.75, 3.05) is 13.2 Å². The van der Waals surface area contributed by atoms with Gasteiger partial charge in [0.2, 0.25) is 0 Å². The zero-order valence-corrected chi connectivity index (χ0v) is 15.7. The Morgan fingerprint density at radius 1 is 1.30 bits per heavy atom. The maximum Gasteiger partial charge on any atom is 0.181 e. The number of pyridine rings is 2. The number of rotatable bonds is 3. The number of fused-ring (bicyclic) bond motifs is 2. The van der Waals surface area contributed by atoms with E-state index in [0.29, 0.717) is 36.6 Å². The predicted octanol–water partition coefficient (Wildman–Crippen LogP) is 3.71. The molecular formula is C20H20N4O2S. The van der Waals surface area contributed by atoms with Crippen LogP contribution in [0.15, 0.2) is 36.7 Å². The van der Waals surface area contributed by atoms with Crippen molar-refractivity contribution in [3.63, 3.8) is 0 Å². The molecule has 0 saturated carbocycles. The van der Waals surface area contributed by atoms with Crippen molar-refractivity contribution in [1.82, 2.24) is 19.7 Å². The molecule has 1 fully saturated rings. The third-order valence-corrected chi connectivity index (χ3v) is 6.08. The summed E-state index contributed by atoms with van der Waals surface area (Å²) in [4.78, 5) is 10.6. The largest absolute Gasteiger partial charge is 0.387 e. The summed E-state index contributed by atoms with van der Waals surface area (Å²) in [6.07, 6.45) is 3.50. The van der Waals surface area contributed by atoms with Crippen LogP contribution in [0, 0.1) is 5.92 Å². The van der Waals surface area contributed by atoms with Gasteiger partial charge in [0.25, 0.3) is 0 Å². The Hall–Kier alpha value is -2.35. The number of nitrogens with zero attached hydrogens (tertiary/aromatic N) is 4. The van der Waals surface area contributed by atoms with Gasteiger partial charge in [0.15, 0.2) is 5.65 Å². The molecule has 1 aliphatic rings. The fraction of sp³-hybridized carbons (Fsp3) is 0.350. The molecule has 0 radical (unpaired) electrons. The van der Waals surface area contributed by atoms with Crippen LogP contribution in [0.5, 0.6) is 0 Å². The summed E-state index contributed by atoms with van der Waals surface area (Å²) < 4.78 is 15.7. The molecule has 0 aliphatic carbocycles. The molecular weight excluding hydrogens is 360 g/mol. The van der Waals surface area contributed by atoms with E-state index in [1.54, 1.807) is 10.9 Å². The third kappa shape index (κ3) is 3.12. The van der Waals surface area contributed by atoms with Gasteiger partial charge < -0.3 is 9.84 Å². The number of aliphatic hydroxyl groups is 1. The minimum Gasteiger partial charge on any atom is -0.387 e. The number of ether oxygens (including phenoxy) is 1. The maximum atomic E-state index is 10.9. The van der Waals surface area contributed by atoms with Gasteiger partial charge in [-0.1, -0.05) is 0 Å². The van der Waals surface area contributed by atoms with E-state index in [2.05, 4.69) is 10.1 Å². The van der Waals surface area contributed by atoms with Crippen LogP contribution in [-0.2, 0) is 11.8 Å². The molecule has 7 heteroatoms. The van der Waals surface area contributed by atoms with Gasteiger partial charge in [0.05, 0.1) is 13.1 Å². The van der Waals surface area contributed by atoms with Crippen LogP contribution in [0.1, 0.15) is 25.2 Å². The molecule has 1 N–H and O–H groups in total. The Labute approximate surface area is 161 Å². The summed E-state index contributed by atoms with van der Waals surface area (Å²) in [5.74, 6) is -0.119. The SMILES string of the molecule is [2H][C@@](O)(c1cc2ccc(-c3cnc4nn(C)cc4c3)nc2s1)C1CCOCC1. The molecule has 0 bridgehead atoms. The second-order valence-electron chi connectivity index (χ2n) is 6.91. The number of aryl methyl sites for hydroxylation is 1. The zero-order valence-electron chi connectivity index (χ0n) is 15.9. The first-order chi connectivity index (χ1) is 13.5.